The molecule has 0 amide bonds. The average Bonchev–Trinajstić information content (AvgIpc) is 2.81. The van der Waals surface area contributed by atoms with Crippen LogP contribution in [0.15, 0.2) is 34.1 Å². The summed E-state index contributed by atoms with van der Waals surface area (Å²) in [5, 5.41) is 12.3. The van der Waals surface area contributed by atoms with E-state index in [-0.39, 0.29) is 12.5 Å². The Labute approximate surface area is 113 Å². The van der Waals surface area contributed by atoms with Crippen molar-refractivity contribution in [3.63, 3.8) is 0 Å². The van der Waals surface area contributed by atoms with E-state index in [4.69, 9.17) is 0 Å². The molecule has 1 aromatic carbocycles. The fourth-order valence-corrected chi connectivity index (χ4v) is 3.21. The summed E-state index contributed by atoms with van der Waals surface area (Å²) in [6.07, 6.45) is 0.912. The van der Waals surface area contributed by atoms with Crippen molar-refractivity contribution in [1.82, 2.24) is 4.98 Å². The molecule has 0 aliphatic rings. The van der Waals surface area contributed by atoms with Crippen molar-refractivity contribution in [2.24, 2.45) is 0 Å². The van der Waals surface area contributed by atoms with Crippen LogP contribution in [0.1, 0.15) is 25.0 Å². The molecule has 17 heavy (non-hydrogen) atoms. The van der Waals surface area contributed by atoms with Gasteiger partial charge in [0, 0.05) is 21.3 Å². The van der Waals surface area contributed by atoms with Crippen LogP contribution < -0.4 is 0 Å². The normalized spacial score (nSPS) is 12.6. The highest BCUT2D eigenvalue weighted by Crippen LogP contribution is 2.32. The zero-order chi connectivity index (χ0) is 12.3. The molecule has 0 aliphatic carbocycles. The molecular weight excluding hydrogens is 298 g/mol. The molecule has 2 rings (SSSR count). The fraction of sp³-hybridized carbons (Fsp3) is 0.308. The Morgan fingerprint density at radius 2 is 2.18 bits per heavy atom. The van der Waals surface area contributed by atoms with Crippen molar-refractivity contribution in [1.29, 1.82) is 0 Å². The van der Waals surface area contributed by atoms with Crippen LogP contribution in [0.4, 0.5) is 0 Å². The highest BCUT2D eigenvalue weighted by atomic mass is 79.9. The zero-order valence-electron chi connectivity index (χ0n) is 9.56. The van der Waals surface area contributed by atoms with Gasteiger partial charge in [0.2, 0.25) is 0 Å². The Kier molecular flexibility index (Phi) is 4.31. The predicted molar refractivity (Wildman–Crippen MR) is 75.4 cm³/mol. The van der Waals surface area contributed by atoms with Crippen LogP contribution in [-0.2, 0) is 0 Å². The number of hydrogen-bond acceptors (Lipinski definition) is 3. The van der Waals surface area contributed by atoms with Crippen LogP contribution in [0, 0.1) is 0 Å². The maximum Gasteiger partial charge on any atom is 0.124 e. The van der Waals surface area contributed by atoms with Gasteiger partial charge in [-0.2, -0.15) is 0 Å². The van der Waals surface area contributed by atoms with Crippen LogP contribution in [0.3, 0.4) is 0 Å². The number of aromatic nitrogens is 1. The minimum atomic E-state index is 0.155. The molecule has 0 saturated heterocycles. The first kappa shape index (κ1) is 12.7. The van der Waals surface area contributed by atoms with Crippen molar-refractivity contribution in [2.75, 3.05) is 6.61 Å². The lowest BCUT2D eigenvalue weighted by Gasteiger charge is -2.07. The lowest BCUT2D eigenvalue weighted by molar-refractivity contribution is 0.260. The second-order valence-electron chi connectivity index (χ2n) is 3.85. The highest BCUT2D eigenvalue weighted by molar-refractivity contribution is 9.10. The SMILES string of the molecule is CCC(CO)c1csc(-c2ccccc2Br)n1. The van der Waals surface area contributed by atoms with Crippen LogP contribution >= 0.6 is 27.3 Å². The second kappa shape index (κ2) is 5.76. The van der Waals surface area contributed by atoms with Gasteiger partial charge < -0.3 is 5.11 Å². The van der Waals surface area contributed by atoms with Crippen LogP contribution in [-0.4, -0.2) is 16.7 Å². The molecule has 1 heterocycles. The second-order valence-corrected chi connectivity index (χ2v) is 5.56. The van der Waals surface area contributed by atoms with Gasteiger partial charge in [0.1, 0.15) is 5.01 Å². The van der Waals surface area contributed by atoms with Crippen molar-refractivity contribution in [2.45, 2.75) is 19.3 Å². The number of hydrogen-bond donors (Lipinski definition) is 1. The third-order valence-corrected chi connectivity index (χ3v) is 4.34. The van der Waals surface area contributed by atoms with Gasteiger partial charge in [-0.05, 0) is 12.5 Å². The molecule has 0 bridgehead atoms. The predicted octanol–water partition coefficient (Wildman–Crippen LogP) is 4.06. The highest BCUT2D eigenvalue weighted by Gasteiger charge is 2.13. The number of halogens is 1. The van der Waals surface area contributed by atoms with Crippen molar-refractivity contribution < 1.29 is 5.11 Å². The Morgan fingerprint density at radius 3 is 2.82 bits per heavy atom. The first-order chi connectivity index (χ1) is 8.26. The molecule has 1 aromatic heterocycles. The Morgan fingerprint density at radius 1 is 1.41 bits per heavy atom. The smallest absolute Gasteiger partial charge is 0.124 e. The summed E-state index contributed by atoms with van der Waals surface area (Å²) in [5.74, 6) is 0.155. The number of benzene rings is 1. The van der Waals surface area contributed by atoms with Crippen molar-refractivity contribution >= 4 is 27.3 Å². The lowest BCUT2D eigenvalue weighted by atomic mass is 10.1. The van der Waals surface area contributed by atoms with Gasteiger partial charge in [0.15, 0.2) is 0 Å². The van der Waals surface area contributed by atoms with Crippen LogP contribution in [0.5, 0.6) is 0 Å². The molecule has 1 atom stereocenters. The van der Waals surface area contributed by atoms with Gasteiger partial charge >= 0.3 is 0 Å². The van der Waals surface area contributed by atoms with Crippen molar-refractivity contribution in [3.8, 4) is 10.6 Å². The lowest BCUT2D eigenvalue weighted by Crippen LogP contribution is -2.02. The van der Waals surface area contributed by atoms with Gasteiger partial charge in [-0.1, -0.05) is 41.1 Å². The maximum atomic E-state index is 9.27. The van der Waals surface area contributed by atoms with E-state index in [9.17, 15) is 5.11 Å². The van der Waals surface area contributed by atoms with E-state index in [1.807, 2.05) is 29.6 Å². The number of aliphatic hydroxyl groups is 1. The summed E-state index contributed by atoms with van der Waals surface area (Å²) in [7, 11) is 0. The average molecular weight is 312 g/mol. The molecule has 0 spiro atoms. The molecule has 0 fully saturated rings. The summed E-state index contributed by atoms with van der Waals surface area (Å²) in [6, 6.07) is 8.06. The first-order valence-corrected chi connectivity index (χ1v) is 7.24. The molecule has 0 aliphatic heterocycles. The standard InChI is InChI=1S/C13H14BrNOS/c1-2-9(7-16)12-8-17-13(15-12)10-5-3-4-6-11(10)14/h3-6,8-9,16H,2,7H2,1H3. The summed E-state index contributed by atoms with van der Waals surface area (Å²) in [4.78, 5) is 4.61. The third kappa shape index (κ3) is 2.76. The van der Waals surface area contributed by atoms with E-state index in [0.717, 1.165) is 27.2 Å². The molecule has 2 aromatic rings. The number of thiazole rings is 1. The Bertz CT molecular complexity index is 494. The van der Waals surface area contributed by atoms with Gasteiger partial charge in [0.05, 0.1) is 12.3 Å². The van der Waals surface area contributed by atoms with Crippen LogP contribution in [0.2, 0.25) is 0 Å². The molecule has 0 radical (unpaired) electrons. The molecule has 1 N–H and O–H groups in total. The maximum absolute atomic E-state index is 9.27. The van der Waals surface area contributed by atoms with Crippen LogP contribution in [0.25, 0.3) is 10.6 Å². The molecule has 90 valence electrons. The number of rotatable bonds is 4. The van der Waals surface area contributed by atoms with E-state index >= 15 is 0 Å². The van der Waals surface area contributed by atoms with Gasteiger partial charge in [-0.25, -0.2) is 4.98 Å². The number of aliphatic hydroxyl groups excluding tert-OH is 1. The monoisotopic (exact) mass is 311 g/mol. The summed E-state index contributed by atoms with van der Waals surface area (Å²) < 4.78 is 1.05. The van der Waals surface area contributed by atoms with E-state index in [1.54, 1.807) is 11.3 Å². The minimum Gasteiger partial charge on any atom is -0.396 e. The van der Waals surface area contributed by atoms with Gasteiger partial charge in [0.25, 0.3) is 0 Å². The Balaban J connectivity index is 2.33. The summed E-state index contributed by atoms with van der Waals surface area (Å²) in [6.45, 7) is 2.23. The molecular formula is C13H14BrNOS. The molecule has 4 heteroatoms. The van der Waals surface area contributed by atoms with E-state index in [0.29, 0.717) is 0 Å². The largest absolute Gasteiger partial charge is 0.396 e. The van der Waals surface area contributed by atoms with Gasteiger partial charge in [-0.15, -0.1) is 11.3 Å². The number of nitrogens with zero attached hydrogens (tertiary/aromatic N) is 1. The quantitative estimate of drug-likeness (QED) is 0.923. The third-order valence-electron chi connectivity index (χ3n) is 2.76. The summed E-state index contributed by atoms with van der Waals surface area (Å²) >= 11 is 5.15. The fourth-order valence-electron chi connectivity index (χ4n) is 1.66. The zero-order valence-corrected chi connectivity index (χ0v) is 12.0. The van der Waals surface area contributed by atoms with E-state index < -0.39 is 0 Å². The molecule has 2 nitrogen and oxygen atoms in total. The Hall–Kier alpha value is -0.710. The molecule has 1 unspecified atom stereocenters. The topological polar surface area (TPSA) is 33.1 Å². The first-order valence-electron chi connectivity index (χ1n) is 5.57. The van der Waals surface area contributed by atoms with Gasteiger partial charge in [-0.3, -0.25) is 0 Å². The molecule has 0 saturated carbocycles. The van der Waals surface area contributed by atoms with E-state index in [2.05, 4.69) is 27.8 Å². The summed E-state index contributed by atoms with van der Waals surface area (Å²) in [5.41, 5.74) is 2.10. The van der Waals surface area contributed by atoms with Crippen molar-refractivity contribution in [3.05, 3.63) is 39.8 Å². The van der Waals surface area contributed by atoms with E-state index in [1.165, 1.54) is 0 Å². The minimum absolute atomic E-state index is 0.155.